The molecule has 0 unspecified atom stereocenters. The van der Waals surface area contributed by atoms with E-state index < -0.39 is 5.97 Å². The van der Waals surface area contributed by atoms with Crippen molar-refractivity contribution in [1.29, 1.82) is 0 Å². The van der Waals surface area contributed by atoms with Gasteiger partial charge in [-0.2, -0.15) is 0 Å². The molecule has 0 aliphatic carbocycles. The van der Waals surface area contributed by atoms with E-state index in [4.69, 9.17) is 0 Å². The lowest BCUT2D eigenvalue weighted by atomic mass is 9.96. The maximum absolute atomic E-state index is 13.5. The molecule has 0 fully saturated rings. The smallest absolute Gasteiger partial charge is 0.336 e. The lowest BCUT2D eigenvalue weighted by Gasteiger charge is -2.10. The van der Waals surface area contributed by atoms with Crippen LogP contribution in [0.25, 0.3) is 27.9 Å². The Kier molecular flexibility index (Phi) is 6.08. The zero-order valence-corrected chi connectivity index (χ0v) is 18.3. The Hall–Kier alpha value is -3.86. The van der Waals surface area contributed by atoms with Crippen LogP contribution in [-0.2, 0) is 13.5 Å². The van der Waals surface area contributed by atoms with Crippen molar-refractivity contribution in [2.24, 2.45) is 7.05 Å². The molecule has 0 bridgehead atoms. The summed E-state index contributed by atoms with van der Waals surface area (Å²) in [6, 6.07) is 24.2. The van der Waals surface area contributed by atoms with Crippen LogP contribution in [-0.4, -0.2) is 20.4 Å². The highest BCUT2D eigenvalue weighted by molar-refractivity contribution is 5.96. The van der Waals surface area contributed by atoms with Crippen molar-refractivity contribution in [3.8, 4) is 27.9 Å². The summed E-state index contributed by atoms with van der Waals surface area (Å²) >= 11 is 0. The fourth-order valence-electron chi connectivity index (χ4n) is 4.17. The lowest BCUT2D eigenvalue weighted by molar-refractivity contribution is 0.0697. The summed E-state index contributed by atoms with van der Waals surface area (Å²) in [5.41, 5.74) is 5.04. The first kappa shape index (κ1) is 21.4. The number of aromatic nitrogens is 2. The van der Waals surface area contributed by atoms with Crippen LogP contribution in [0.15, 0.2) is 83.7 Å². The summed E-state index contributed by atoms with van der Waals surface area (Å²) < 4.78 is 3.67. The average molecular weight is 427 g/mol. The van der Waals surface area contributed by atoms with Gasteiger partial charge in [0.1, 0.15) is 0 Å². The molecule has 0 radical (unpaired) electrons. The van der Waals surface area contributed by atoms with Gasteiger partial charge in [-0.3, -0.25) is 9.48 Å². The summed E-state index contributed by atoms with van der Waals surface area (Å²) in [7, 11) is 1.93. The zero-order chi connectivity index (χ0) is 22.7. The topological polar surface area (TPSA) is 64.2 Å². The first-order valence-corrected chi connectivity index (χ1v) is 10.8. The van der Waals surface area contributed by atoms with Gasteiger partial charge in [0.25, 0.3) is 5.56 Å². The SMILES string of the molecule is CCCCc1c(-c2ccc(-c3ccccc3C(=O)O)cc2)c(=O)n(-c2ccccc2)n1C. The first-order valence-electron chi connectivity index (χ1n) is 10.8. The van der Waals surface area contributed by atoms with E-state index in [-0.39, 0.29) is 11.1 Å². The average Bonchev–Trinajstić information content (AvgIpc) is 3.07. The number of unbranched alkanes of at least 4 members (excludes halogenated alkanes) is 1. The highest BCUT2D eigenvalue weighted by Crippen LogP contribution is 2.29. The van der Waals surface area contributed by atoms with Crippen molar-refractivity contribution in [2.75, 3.05) is 0 Å². The molecular formula is C27H26N2O3. The Labute approximate surface area is 187 Å². The monoisotopic (exact) mass is 426 g/mol. The molecule has 0 aliphatic rings. The molecule has 0 saturated carbocycles. The molecule has 32 heavy (non-hydrogen) atoms. The van der Waals surface area contributed by atoms with Gasteiger partial charge in [0.05, 0.1) is 16.8 Å². The molecule has 0 spiro atoms. The Morgan fingerprint density at radius 1 is 0.875 bits per heavy atom. The molecule has 5 heteroatoms. The van der Waals surface area contributed by atoms with Gasteiger partial charge >= 0.3 is 5.97 Å². The van der Waals surface area contributed by atoms with Gasteiger partial charge in [0.2, 0.25) is 0 Å². The van der Waals surface area contributed by atoms with Gasteiger partial charge in [-0.05, 0) is 47.7 Å². The molecule has 3 aromatic carbocycles. The van der Waals surface area contributed by atoms with E-state index in [9.17, 15) is 14.7 Å². The second-order valence-corrected chi connectivity index (χ2v) is 7.83. The van der Waals surface area contributed by atoms with E-state index in [1.54, 1.807) is 22.9 Å². The molecule has 4 rings (SSSR count). The predicted octanol–water partition coefficient (Wildman–Crippen LogP) is 5.55. The summed E-state index contributed by atoms with van der Waals surface area (Å²) in [4.78, 5) is 25.1. The van der Waals surface area contributed by atoms with Gasteiger partial charge < -0.3 is 5.11 Å². The standard InChI is InChI=1S/C27H26N2O3/c1-3-4-14-24-25(26(30)29(28(24)2)21-10-6-5-7-11-21)20-17-15-19(16-18-20)22-12-8-9-13-23(22)27(31)32/h5-13,15-18H,3-4,14H2,1-2H3,(H,31,32). The largest absolute Gasteiger partial charge is 0.478 e. The Morgan fingerprint density at radius 2 is 1.50 bits per heavy atom. The Balaban J connectivity index is 1.83. The van der Waals surface area contributed by atoms with Crippen LogP contribution in [0.5, 0.6) is 0 Å². The van der Waals surface area contributed by atoms with E-state index in [2.05, 4.69) is 6.92 Å². The van der Waals surface area contributed by atoms with Crippen LogP contribution in [0.2, 0.25) is 0 Å². The van der Waals surface area contributed by atoms with E-state index >= 15 is 0 Å². The van der Waals surface area contributed by atoms with Gasteiger partial charge in [0.15, 0.2) is 0 Å². The lowest BCUT2D eigenvalue weighted by Crippen LogP contribution is -2.20. The predicted molar refractivity (Wildman–Crippen MR) is 127 cm³/mol. The third-order valence-electron chi connectivity index (χ3n) is 5.80. The zero-order valence-electron chi connectivity index (χ0n) is 18.3. The molecule has 1 heterocycles. The molecule has 0 saturated heterocycles. The van der Waals surface area contributed by atoms with Gasteiger partial charge in [-0.25, -0.2) is 9.48 Å². The molecule has 1 aromatic heterocycles. The van der Waals surface area contributed by atoms with Crippen LogP contribution >= 0.6 is 0 Å². The molecule has 1 N–H and O–H groups in total. The fourth-order valence-corrected chi connectivity index (χ4v) is 4.17. The normalized spacial score (nSPS) is 10.9. The second-order valence-electron chi connectivity index (χ2n) is 7.83. The number of nitrogens with zero attached hydrogens (tertiary/aromatic N) is 2. The van der Waals surface area contributed by atoms with E-state index in [0.717, 1.165) is 41.8 Å². The minimum atomic E-state index is -0.958. The number of carboxylic acids is 1. The minimum Gasteiger partial charge on any atom is -0.478 e. The highest BCUT2D eigenvalue weighted by Gasteiger charge is 2.20. The van der Waals surface area contributed by atoms with Gasteiger partial charge in [0, 0.05) is 12.7 Å². The number of carboxylic acid groups (broad SMARTS) is 1. The van der Waals surface area contributed by atoms with Crippen molar-refractivity contribution in [3.05, 3.63) is 100 Å². The summed E-state index contributed by atoms with van der Waals surface area (Å²) in [5.74, 6) is -0.958. The Bertz CT molecular complexity index is 1300. The van der Waals surface area contributed by atoms with Crippen molar-refractivity contribution < 1.29 is 9.90 Å². The number of rotatable bonds is 7. The summed E-state index contributed by atoms with van der Waals surface area (Å²) in [6.07, 6.45) is 2.83. The van der Waals surface area contributed by atoms with Crippen molar-refractivity contribution >= 4 is 5.97 Å². The first-order chi connectivity index (χ1) is 15.5. The van der Waals surface area contributed by atoms with Crippen LogP contribution in [0.3, 0.4) is 0 Å². The van der Waals surface area contributed by atoms with Crippen molar-refractivity contribution in [3.63, 3.8) is 0 Å². The molecule has 162 valence electrons. The number of hydrogen-bond acceptors (Lipinski definition) is 2. The molecular weight excluding hydrogens is 400 g/mol. The quantitative estimate of drug-likeness (QED) is 0.421. The summed E-state index contributed by atoms with van der Waals surface area (Å²) in [5, 5.41) is 9.51. The molecule has 0 amide bonds. The molecule has 5 nitrogen and oxygen atoms in total. The van der Waals surface area contributed by atoms with E-state index in [1.807, 2.05) is 72.4 Å². The Morgan fingerprint density at radius 3 is 2.16 bits per heavy atom. The van der Waals surface area contributed by atoms with Crippen molar-refractivity contribution in [2.45, 2.75) is 26.2 Å². The third-order valence-corrected chi connectivity index (χ3v) is 5.80. The number of hydrogen-bond donors (Lipinski definition) is 1. The molecule has 0 atom stereocenters. The maximum Gasteiger partial charge on any atom is 0.336 e. The number of aromatic carboxylic acids is 1. The van der Waals surface area contributed by atoms with E-state index in [0.29, 0.717) is 11.1 Å². The van der Waals surface area contributed by atoms with Crippen LogP contribution < -0.4 is 5.56 Å². The van der Waals surface area contributed by atoms with Gasteiger partial charge in [-0.1, -0.05) is 74.0 Å². The molecule has 0 aliphatic heterocycles. The van der Waals surface area contributed by atoms with E-state index in [1.165, 1.54) is 0 Å². The van der Waals surface area contributed by atoms with Crippen LogP contribution in [0.1, 0.15) is 35.8 Å². The number of para-hydroxylation sites is 1. The molecule has 4 aromatic rings. The highest BCUT2D eigenvalue weighted by atomic mass is 16.4. The maximum atomic E-state index is 13.5. The van der Waals surface area contributed by atoms with Crippen molar-refractivity contribution in [1.82, 2.24) is 9.36 Å². The fraction of sp³-hybridized carbons (Fsp3) is 0.185. The van der Waals surface area contributed by atoms with Crippen LogP contribution in [0.4, 0.5) is 0 Å². The number of benzene rings is 3. The van der Waals surface area contributed by atoms with Crippen LogP contribution in [0, 0.1) is 0 Å². The minimum absolute atomic E-state index is 0.0523. The summed E-state index contributed by atoms with van der Waals surface area (Å²) in [6.45, 7) is 2.14. The van der Waals surface area contributed by atoms with Gasteiger partial charge in [-0.15, -0.1) is 0 Å². The second kappa shape index (κ2) is 9.10. The number of carbonyl (C=O) groups is 1. The third kappa shape index (κ3) is 3.89.